The Hall–Kier alpha value is -3.91. The number of aryl methyl sites for hydroxylation is 2. The number of rotatable bonds is 10. The molecule has 0 spiro atoms. The first-order chi connectivity index (χ1) is 17.2. The number of aromatic nitrogens is 5. The molecule has 2 N–H and O–H groups in total. The minimum atomic E-state index is -0.0764. The fraction of sp³-hybridized carbons (Fsp3) is 0.222. The summed E-state index contributed by atoms with van der Waals surface area (Å²) >= 11 is 1.44. The van der Waals surface area contributed by atoms with Crippen molar-refractivity contribution in [3.05, 3.63) is 100 Å². The van der Waals surface area contributed by atoms with E-state index in [0.29, 0.717) is 11.6 Å². The molecule has 3 heterocycles. The van der Waals surface area contributed by atoms with Crippen LogP contribution in [0.3, 0.4) is 0 Å². The number of pyridine rings is 1. The average Bonchev–Trinajstić information content (AvgIpc) is 3.48. The van der Waals surface area contributed by atoms with Gasteiger partial charge in [-0.15, -0.1) is 10.2 Å². The van der Waals surface area contributed by atoms with E-state index in [2.05, 4.69) is 48.7 Å². The number of anilines is 1. The van der Waals surface area contributed by atoms with Crippen molar-refractivity contribution in [3.8, 4) is 0 Å². The minimum Gasteiger partial charge on any atom is -0.340 e. The Morgan fingerprint density at radius 3 is 2.43 bits per heavy atom. The van der Waals surface area contributed by atoms with Crippen LogP contribution in [0.4, 0.5) is 5.13 Å². The Balaban J connectivity index is 1.08. The normalized spacial score (nSPS) is 11.1. The highest BCUT2D eigenvalue weighted by Gasteiger charge is 2.10. The van der Waals surface area contributed by atoms with Gasteiger partial charge in [0.25, 0.3) is 0 Å². The molecule has 0 fully saturated rings. The molecule has 1 amide bonds. The molecule has 0 bridgehead atoms. The molecule has 0 atom stereocenters. The van der Waals surface area contributed by atoms with E-state index in [1.165, 1.54) is 22.5 Å². The second-order valence-electron chi connectivity index (χ2n) is 8.48. The number of H-pyrrole nitrogens is 1. The standard InChI is InChI=1S/C27H26N6OS/c34-24(17-20-11-5-2-6-12-20)31-27-33-32-25(35-27)14-8-7-13-21-15-22-26(28-18-21)30-23(29-22)16-19-9-3-1-4-10-19/h1-6,9-12,15,18H,7-8,13-14,16-17H2,(H,28,29,30)(H,31,33,34). The smallest absolute Gasteiger partial charge is 0.230 e. The van der Waals surface area contributed by atoms with Crippen molar-refractivity contribution in [2.75, 3.05) is 5.32 Å². The number of hydrogen-bond acceptors (Lipinski definition) is 6. The van der Waals surface area contributed by atoms with E-state index in [-0.39, 0.29) is 5.91 Å². The summed E-state index contributed by atoms with van der Waals surface area (Å²) in [4.78, 5) is 24.8. The molecule has 0 aliphatic rings. The lowest BCUT2D eigenvalue weighted by Gasteiger charge is -2.01. The van der Waals surface area contributed by atoms with Gasteiger partial charge >= 0.3 is 0 Å². The molecule has 0 saturated carbocycles. The maximum absolute atomic E-state index is 12.2. The molecular formula is C27H26N6OS. The summed E-state index contributed by atoms with van der Waals surface area (Å²) in [5.74, 6) is 0.853. The van der Waals surface area contributed by atoms with Crippen LogP contribution in [0.1, 0.15) is 40.4 Å². The Morgan fingerprint density at radius 1 is 0.886 bits per heavy atom. The molecule has 5 rings (SSSR count). The number of carbonyl (C=O) groups excluding carboxylic acids is 1. The third-order valence-corrected chi connectivity index (χ3v) is 6.58. The Labute approximate surface area is 207 Å². The summed E-state index contributed by atoms with van der Waals surface area (Å²) in [5, 5.41) is 12.7. The third-order valence-electron chi connectivity index (χ3n) is 5.68. The Bertz CT molecular complexity index is 1400. The number of aromatic amines is 1. The highest BCUT2D eigenvalue weighted by Crippen LogP contribution is 2.19. The number of fused-ring (bicyclic) bond motifs is 1. The van der Waals surface area contributed by atoms with Crippen LogP contribution in [-0.4, -0.2) is 31.1 Å². The van der Waals surface area contributed by atoms with Crippen LogP contribution < -0.4 is 5.32 Å². The van der Waals surface area contributed by atoms with Crippen molar-refractivity contribution in [1.82, 2.24) is 25.1 Å². The van der Waals surface area contributed by atoms with E-state index < -0.39 is 0 Å². The number of carbonyl (C=O) groups is 1. The van der Waals surface area contributed by atoms with Crippen LogP contribution in [0.15, 0.2) is 72.9 Å². The summed E-state index contributed by atoms with van der Waals surface area (Å²) in [5.41, 5.74) is 5.13. The van der Waals surface area contributed by atoms with Gasteiger partial charge in [0, 0.05) is 19.0 Å². The molecule has 0 aliphatic carbocycles. The molecule has 0 unspecified atom stereocenters. The fourth-order valence-electron chi connectivity index (χ4n) is 3.96. The predicted molar refractivity (Wildman–Crippen MR) is 138 cm³/mol. The number of hydrogen-bond donors (Lipinski definition) is 2. The Kier molecular flexibility index (Phi) is 7.19. The molecule has 3 aromatic heterocycles. The van der Waals surface area contributed by atoms with Crippen LogP contribution in [0.5, 0.6) is 0 Å². The quantitative estimate of drug-likeness (QED) is 0.269. The zero-order chi connectivity index (χ0) is 23.9. The van der Waals surface area contributed by atoms with Gasteiger partial charge in [-0.05, 0) is 42.0 Å². The van der Waals surface area contributed by atoms with E-state index in [1.807, 2.05) is 54.7 Å². The number of imidazole rings is 1. The lowest BCUT2D eigenvalue weighted by atomic mass is 10.1. The first-order valence-corrected chi connectivity index (χ1v) is 12.6. The zero-order valence-electron chi connectivity index (χ0n) is 19.3. The van der Waals surface area contributed by atoms with Crippen molar-refractivity contribution in [3.63, 3.8) is 0 Å². The second-order valence-corrected chi connectivity index (χ2v) is 9.54. The van der Waals surface area contributed by atoms with Gasteiger partial charge in [-0.1, -0.05) is 72.0 Å². The molecule has 5 aromatic rings. The third kappa shape index (κ3) is 6.36. The van der Waals surface area contributed by atoms with Gasteiger partial charge in [0.15, 0.2) is 5.65 Å². The minimum absolute atomic E-state index is 0.0764. The monoisotopic (exact) mass is 482 g/mol. The zero-order valence-corrected chi connectivity index (χ0v) is 20.1. The summed E-state index contributed by atoms with van der Waals surface area (Å²) in [6, 6.07) is 22.1. The van der Waals surface area contributed by atoms with Gasteiger partial charge in [0.2, 0.25) is 11.0 Å². The van der Waals surface area contributed by atoms with E-state index in [4.69, 9.17) is 0 Å². The van der Waals surface area contributed by atoms with Crippen molar-refractivity contribution >= 4 is 33.5 Å². The number of unbranched alkanes of at least 4 members (excludes halogenated alkanes) is 1. The first-order valence-electron chi connectivity index (χ1n) is 11.7. The lowest BCUT2D eigenvalue weighted by molar-refractivity contribution is -0.115. The SMILES string of the molecule is O=C(Cc1ccccc1)Nc1nnc(CCCCc2cnc3nc(Cc4ccccc4)[nH]c3c2)s1. The number of nitrogens with one attached hydrogen (secondary N) is 2. The van der Waals surface area contributed by atoms with Gasteiger partial charge in [-0.3, -0.25) is 4.79 Å². The number of nitrogens with zero attached hydrogens (tertiary/aromatic N) is 4. The molecule has 2 aromatic carbocycles. The van der Waals surface area contributed by atoms with E-state index in [1.54, 1.807) is 0 Å². The van der Waals surface area contributed by atoms with Crippen LogP contribution >= 0.6 is 11.3 Å². The van der Waals surface area contributed by atoms with Crippen molar-refractivity contribution in [2.45, 2.75) is 38.5 Å². The van der Waals surface area contributed by atoms with Gasteiger partial charge < -0.3 is 10.3 Å². The van der Waals surface area contributed by atoms with Crippen LogP contribution in [0.25, 0.3) is 11.2 Å². The molecular weight excluding hydrogens is 456 g/mol. The number of benzene rings is 2. The van der Waals surface area contributed by atoms with E-state index >= 15 is 0 Å². The average molecular weight is 483 g/mol. The molecule has 0 radical (unpaired) electrons. The van der Waals surface area contributed by atoms with Gasteiger partial charge in [-0.2, -0.15) is 0 Å². The van der Waals surface area contributed by atoms with Gasteiger partial charge in [-0.25, -0.2) is 9.97 Å². The molecule has 7 nitrogen and oxygen atoms in total. The highest BCUT2D eigenvalue weighted by atomic mass is 32.1. The predicted octanol–water partition coefficient (Wildman–Crippen LogP) is 5.15. The molecule has 176 valence electrons. The topological polar surface area (TPSA) is 96.5 Å². The lowest BCUT2D eigenvalue weighted by Crippen LogP contribution is -2.14. The molecule has 0 saturated heterocycles. The second kappa shape index (κ2) is 11.0. The first kappa shape index (κ1) is 22.9. The van der Waals surface area contributed by atoms with E-state index in [9.17, 15) is 4.79 Å². The fourth-order valence-corrected chi connectivity index (χ4v) is 4.76. The Morgan fingerprint density at radius 2 is 1.63 bits per heavy atom. The summed E-state index contributed by atoms with van der Waals surface area (Å²) in [7, 11) is 0. The van der Waals surface area contributed by atoms with Crippen molar-refractivity contribution in [2.24, 2.45) is 0 Å². The van der Waals surface area contributed by atoms with Crippen molar-refractivity contribution < 1.29 is 4.79 Å². The van der Waals surface area contributed by atoms with Crippen LogP contribution in [0, 0.1) is 0 Å². The molecule has 8 heteroatoms. The number of amides is 1. The van der Waals surface area contributed by atoms with E-state index in [0.717, 1.165) is 59.7 Å². The molecule has 35 heavy (non-hydrogen) atoms. The summed E-state index contributed by atoms with van der Waals surface area (Å²) < 4.78 is 0. The molecule has 0 aliphatic heterocycles. The highest BCUT2D eigenvalue weighted by molar-refractivity contribution is 7.15. The largest absolute Gasteiger partial charge is 0.340 e. The summed E-state index contributed by atoms with van der Waals surface area (Å²) in [6.45, 7) is 0. The van der Waals surface area contributed by atoms with Crippen LogP contribution in [-0.2, 0) is 30.5 Å². The maximum atomic E-state index is 12.2. The summed E-state index contributed by atoms with van der Waals surface area (Å²) in [6.07, 6.45) is 6.81. The maximum Gasteiger partial charge on any atom is 0.230 e. The van der Waals surface area contributed by atoms with Crippen LogP contribution in [0.2, 0.25) is 0 Å². The van der Waals surface area contributed by atoms with Gasteiger partial charge in [0.1, 0.15) is 10.8 Å². The van der Waals surface area contributed by atoms with Crippen molar-refractivity contribution in [1.29, 1.82) is 0 Å². The van der Waals surface area contributed by atoms with Gasteiger partial charge in [0.05, 0.1) is 11.9 Å².